The number of hydrogen-bond donors (Lipinski definition) is 3. The van der Waals surface area contributed by atoms with Crippen LogP contribution in [0.4, 0.5) is 0 Å². The molecule has 1 heterocycles. The number of nitrogens with zero attached hydrogens (tertiary/aromatic N) is 1. The summed E-state index contributed by atoms with van der Waals surface area (Å²) >= 11 is 6.16. The van der Waals surface area contributed by atoms with E-state index in [0.717, 1.165) is 53.9 Å². The number of fused-ring (bicyclic) bond motifs is 1. The molecular weight excluding hydrogens is 398 g/mol. The molecular formula is C24H26ClN3O2. The highest BCUT2D eigenvalue weighted by molar-refractivity contribution is 6.30. The van der Waals surface area contributed by atoms with Gasteiger partial charge in [0.2, 0.25) is 0 Å². The van der Waals surface area contributed by atoms with Crippen LogP contribution in [0.25, 0.3) is 0 Å². The van der Waals surface area contributed by atoms with Crippen LogP contribution in [-0.4, -0.2) is 27.8 Å². The van der Waals surface area contributed by atoms with Crippen LogP contribution in [0.3, 0.4) is 0 Å². The van der Waals surface area contributed by atoms with Gasteiger partial charge in [0.1, 0.15) is 0 Å². The Bertz CT molecular complexity index is 1000. The van der Waals surface area contributed by atoms with Crippen molar-refractivity contribution < 1.29 is 9.90 Å². The molecule has 4 rings (SSSR count). The second-order valence-electron chi connectivity index (χ2n) is 7.86. The van der Waals surface area contributed by atoms with Crippen LogP contribution in [0.2, 0.25) is 5.02 Å². The van der Waals surface area contributed by atoms with Crippen LogP contribution in [0.1, 0.15) is 64.1 Å². The van der Waals surface area contributed by atoms with E-state index in [1.807, 2.05) is 48.5 Å². The molecule has 0 bridgehead atoms. The van der Waals surface area contributed by atoms with E-state index in [4.69, 9.17) is 11.6 Å². The summed E-state index contributed by atoms with van der Waals surface area (Å²) in [6.07, 6.45) is 4.88. The summed E-state index contributed by atoms with van der Waals surface area (Å²) in [7, 11) is 0. The minimum absolute atomic E-state index is 0.167. The summed E-state index contributed by atoms with van der Waals surface area (Å²) in [5.74, 6) is 0.0246. The number of nitrogens with one attached hydrogen (secondary N) is 2. The molecule has 0 radical (unpaired) electrons. The Kier molecular flexibility index (Phi) is 6.50. The lowest BCUT2D eigenvalue weighted by molar-refractivity contribution is 0.0910. The summed E-state index contributed by atoms with van der Waals surface area (Å²) < 4.78 is 0. The van der Waals surface area contributed by atoms with Gasteiger partial charge in [-0.2, -0.15) is 5.10 Å². The predicted octanol–water partition coefficient (Wildman–Crippen LogP) is 4.58. The van der Waals surface area contributed by atoms with Gasteiger partial charge >= 0.3 is 0 Å². The average Bonchev–Trinajstić information content (AvgIpc) is 3.09. The molecule has 2 atom stereocenters. The molecule has 1 aliphatic rings. The predicted molar refractivity (Wildman–Crippen MR) is 118 cm³/mol. The zero-order valence-corrected chi connectivity index (χ0v) is 17.5. The minimum atomic E-state index is -0.459. The maximum Gasteiger partial charge on any atom is 0.272 e. The van der Waals surface area contributed by atoms with Gasteiger partial charge in [-0.1, -0.05) is 60.5 Å². The molecule has 0 aliphatic heterocycles. The van der Waals surface area contributed by atoms with E-state index in [-0.39, 0.29) is 18.4 Å². The van der Waals surface area contributed by atoms with Gasteiger partial charge in [-0.25, -0.2) is 0 Å². The lowest BCUT2D eigenvalue weighted by atomic mass is 9.91. The molecule has 1 aromatic heterocycles. The minimum Gasteiger partial charge on any atom is -0.394 e. The molecule has 1 aliphatic carbocycles. The van der Waals surface area contributed by atoms with E-state index in [9.17, 15) is 9.90 Å². The number of aliphatic hydroxyl groups excluding tert-OH is 1. The maximum absolute atomic E-state index is 13.0. The second-order valence-corrected chi connectivity index (χ2v) is 8.30. The maximum atomic E-state index is 13.0. The van der Waals surface area contributed by atoms with Crippen molar-refractivity contribution in [2.24, 2.45) is 0 Å². The van der Waals surface area contributed by atoms with E-state index in [0.29, 0.717) is 5.69 Å². The lowest BCUT2D eigenvalue weighted by Crippen LogP contribution is -2.31. The Balaban J connectivity index is 1.56. The van der Waals surface area contributed by atoms with Crippen LogP contribution in [0.5, 0.6) is 0 Å². The molecule has 0 spiro atoms. The highest BCUT2D eigenvalue weighted by Crippen LogP contribution is 2.33. The molecule has 0 saturated heterocycles. The third-order valence-corrected chi connectivity index (χ3v) is 6.05. The molecule has 1 amide bonds. The van der Waals surface area contributed by atoms with Gasteiger partial charge in [0, 0.05) is 22.2 Å². The molecule has 0 fully saturated rings. The van der Waals surface area contributed by atoms with Crippen molar-refractivity contribution in [2.75, 3.05) is 6.61 Å². The highest BCUT2D eigenvalue weighted by atomic mass is 35.5. The van der Waals surface area contributed by atoms with Gasteiger partial charge in [-0.3, -0.25) is 9.89 Å². The van der Waals surface area contributed by atoms with Gasteiger partial charge < -0.3 is 10.4 Å². The Morgan fingerprint density at radius 2 is 2.03 bits per heavy atom. The first-order valence-electron chi connectivity index (χ1n) is 10.4. The largest absolute Gasteiger partial charge is 0.394 e. The molecule has 3 aromatic rings. The first-order valence-corrected chi connectivity index (χ1v) is 10.8. The summed E-state index contributed by atoms with van der Waals surface area (Å²) in [4.78, 5) is 13.0. The third-order valence-electron chi connectivity index (χ3n) is 5.81. The fraction of sp³-hybridized carbons (Fsp3) is 0.333. The van der Waals surface area contributed by atoms with E-state index in [1.54, 1.807) is 0 Å². The van der Waals surface area contributed by atoms with E-state index >= 15 is 0 Å². The van der Waals surface area contributed by atoms with Gasteiger partial charge in [0.15, 0.2) is 5.69 Å². The number of rotatable bonds is 6. The van der Waals surface area contributed by atoms with Crippen molar-refractivity contribution in [1.82, 2.24) is 15.5 Å². The Hall–Kier alpha value is -2.63. The summed E-state index contributed by atoms with van der Waals surface area (Å²) in [5.41, 5.74) is 4.55. The van der Waals surface area contributed by atoms with Gasteiger partial charge in [0.05, 0.1) is 12.6 Å². The van der Waals surface area contributed by atoms with E-state index < -0.39 is 6.04 Å². The smallest absolute Gasteiger partial charge is 0.272 e. The highest BCUT2D eigenvalue weighted by Gasteiger charge is 2.28. The molecule has 0 saturated carbocycles. The quantitative estimate of drug-likeness (QED) is 0.508. The van der Waals surface area contributed by atoms with Crippen molar-refractivity contribution in [3.05, 3.63) is 87.7 Å². The molecule has 30 heavy (non-hydrogen) atoms. The van der Waals surface area contributed by atoms with Crippen LogP contribution in [0.15, 0.2) is 54.6 Å². The number of aromatic amines is 1. The first-order chi connectivity index (χ1) is 14.7. The normalized spacial score (nSPS) is 17.1. The number of amides is 1. The van der Waals surface area contributed by atoms with Crippen molar-refractivity contribution in [3.63, 3.8) is 0 Å². The number of halogens is 1. The van der Waals surface area contributed by atoms with Crippen molar-refractivity contribution >= 4 is 17.5 Å². The number of aromatic nitrogens is 2. The van der Waals surface area contributed by atoms with Crippen LogP contribution >= 0.6 is 11.6 Å². The number of aliphatic hydroxyl groups is 1. The van der Waals surface area contributed by atoms with Gasteiger partial charge in [0.25, 0.3) is 5.91 Å². The zero-order valence-electron chi connectivity index (χ0n) is 16.8. The number of carbonyl (C=O) groups excluding carboxylic acids is 1. The first kappa shape index (κ1) is 20.6. The van der Waals surface area contributed by atoms with Crippen LogP contribution in [0, 0.1) is 0 Å². The topological polar surface area (TPSA) is 78.0 Å². The number of benzene rings is 2. The molecule has 5 nitrogen and oxygen atoms in total. The number of hydrogen-bond acceptors (Lipinski definition) is 3. The fourth-order valence-corrected chi connectivity index (χ4v) is 4.51. The molecule has 3 N–H and O–H groups in total. The monoisotopic (exact) mass is 423 g/mol. The average molecular weight is 424 g/mol. The van der Waals surface area contributed by atoms with Crippen molar-refractivity contribution in [3.8, 4) is 0 Å². The van der Waals surface area contributed by atoms with Crippen molar-refractivity contribution in [2.45, 2.75) is 44.1 Å². The molecule has 156 valence electrons. The Labute approximate surface area is 181 Å². The number of H-pyrrole nitrogens is 1. The Morgan fingerprint density at radius 3 is 2.80 bits per heavy atom. The van der Waals surface area contributed by atoms with Crippen molar-refractivity contribution in [1.29, 1.82) is 0 Å². The summed E-state index contributed by atoms with van der Waals surface area (Å²) in [6, 6.07) is 17.0. The number of carbonyl (C=O) groups is 1. The summed E-state index contributed by atoms with van der Waals surface area (Å²) in [6.45, 7) is -0.167. The molecule has 6 heteroatoms. The fourth-order valence-electron chi connectivity index (χ4n) is 4.29. The summed E-state index contributed by atoms with van der Waals surface area (Å²) in [5, 5.41) is 21.0. The third kappa shape index (κ3) is 4.58. The standard InChI is InChI=1S/C24H26ClN3O2/c25-19-11-6-7-16(14-19)13-18-10-4-5-12-20-22(18)27-28-23(20)24(30)26-21(15-29)17-8-2-1-3-9-17/h1-3,6-9,11,14,18,21,29H,4-5,10,12-13,15H2,(H,26,30)(H,27,28)/t18-,21+/m0/s1. The Morgan fingerprint density at radius 1 is 1.20 bits per heavy atom. The van der Waals surface area contributed by atoms with E-state index in [2.05, 4.69) is 21.6 Å². The molecule has 2 aromatic carbocycles. The lowest BCUT2D eigenvalue weighted by Gasteiger charge is -2.17. The SMILES string of the molecule is O=C(N[C@H](CO)c1ccccc1)c1n[nH]c2c1CCCC[C@H]2Cc1cccc(Cl)c1. The van der Waals surface area contributed by atoms with E-state index in [1.165, 1.54) is 5.56 Å². The molecule has 0 unspecified atom stereocenters. The van der Waals surface area contributed by atoms with Crippen LogP contribution < -0.4 is 5.32 Å². The van der Waals surface area contributed by atoms with Gasteiger partial charge in [-0.15, -0.1) is 0 Å². The zero-order chi connectivity index (χ0) is 20.9. The van der Waals surface area contributed by atoms with Gasteiger partial charge in [-0.05, 0) is 48.9 Å². The van der Waals surface area contributed by atoms with Crippen LogP contribution in [-0.2, 0) is 12.8 Å². The second kappa shape index (κ2) is 9.45.